The minimum atomic E-state index is -0.680. The molecule has 0 aliphatic carbocycles. The molecule has 6 amide bonds. The molecule has 0 bridgehead atoms. The second-order valence-corrected chi connectivity index (χ2v) is 40.4. The van der Waals surface area contributed by atoms with E-state index >= 15 is 4.39 Å². The highest BCUT2D eigenvalue weighted by molar-refractivity contribution is 8.01. The third-order valence-corrected chi connectivity index (χ3v) is 31.7. The number of thioether (sulfide) groups is 3. The molecule has 0 radical (unpaired) electrons. The summed E-state index contributed by atoms with van der Waals surface area (Å²) in [6.45, 7) is 14.0. The summed E-state index contributed by atoms with van der Waals surface area (Å²) in [5.74, 6) is 2.10. The molecule has 15 heterocycles. The van der Waals surface area contributed by atoms with Gasteiger partial charge >= 0.3 is 0 Å². The van der Waals surface area contributed by atoms with Gasteiger partial charge in [-0.15, -0.1) is 35.3 Å². The Labute approximate surface area is 834 Å². The van der Waals surface area contributed by atoms with E-state index < -0.39 is 14.2 Å². The lowest BCUT2D eigenvalue weighted by atomic mass is 9.89. The molecule has 15 aromatic rings. The number of carbonyl (C=O) groups is 6. The van der Waals surface area contributed by atoms with Crippen LogP contribution < -0.4 is 16.0 Å². The van der Waals surface area contributed by atoms with Crippen LogP contribution >= 0.6 is 35.3 Å². The van der Waals surface area contributed by atoms with Crippen LogP contribution in [0.2, 0.25) is 0 Å². The highest BCUT2D eigenvalue weighted by atomic mass is 32.2. The van der Waals surface area contributed by atoms with Crippen molar-refractivity contribution in [3.8, 4) is 67.9 Å². The van der Waals surface area contributed by atoms with E-state index in [0.29, 0.717) is 139 Å². The average Bonchev–Trinajstić information content (AvgIpc) is 1.65. The first-order valence-electron chi connectivity index (χ1n) is 47.7. The number of fused-ring (bicyclic) bond motifs is 3. The van der Waals surface area contributed by atoms with E-state index in [-0.39, 0.29) is 47.8 Å². The van der Waals surface area contributed by atoms with Crippen molar-refractivity contribution in [3.63, 3.8) is 0 Å². The molecule has 9 aromatic heterocycles. The Balaban J connectivity index is 0.000000135. The maximum absolute atomic E-state index is 15.1. The van der Waals surface area contributed by atoms with Crippen molar-refractivity contribution in [2.75, 3.05) is 133 Å². The largest absolute Gasteiger partial charge is 0.342 e. The van der Waals surface area contributed by atoms with Gasteiger partial charge < -0.3 is 30.7 Å². The van der Waals surface area contributed by atoms with Crippen LogP contribution in [0.5, 0.6) is 0 Å². The second-order valence-electron chi connectivity index (χ2n) is 36.8. The molecule has 30 nitrogen and oxygen atoms in total. The van der Waals surface area contributed by atoms with Crippen molar-refractivity contribution >= 4 is 132 Å². The van der Waals surface area contributed by atoms with E-state index in [1.165, 1.54) is 29.0 Å². The number of nitrogens with one attached hydrogen (secondary N) is 6. The first kappa shape index (κ1) is 96.5. The summed E-state index contributed by atoms with van der Waals surface area (Å²) in [5, 5.41) is 35.1. The van der Waals surface area contributed by atoms with Gasteiger partial charge in [-0.1, -0.05) is 72.8 Å². The second kappa shape index (κ2) is 43.0. The van der Waals surface area contributed by atoms with Crippen molar-refractivity contribution in [2.24, 2.45) is 0 Å². The highest BCUT2D eigenvalue weighted by Gasteiger charge is 2.48. The molecule has 4 saturated heterocycles. The number of aromatic nitrogens is 15. The summed E-state index contributed by atoms with van der Waals surface area (Å²) in [6, 6.07) is 56.3. The number of aromatic amines is 3. The van der Waals surface area contributed by atoms with Crippen LogP contribution in [-0.2, 0) is 28.8 Å². The molecule has 34 heteroatoms. The fourth-order valence-corrected chi connectivity index (χ4v) is 22.2. The van der Waals surface area contributed by atoms with Crippen LogP contribution in [0.4, 0.5) is 21.5 Å². The fraction of sp³-hybridized carbons (Fsp3) is 0.296. The molecule has 6 aliphatic heterocycles. The standard InChI is InChI=1S/C36H35FN8O2S.C36H38N8O2S.C36H36N8O2S/c1-23-18-25(8-14-38-23)33-29-20-27(5-7-31(29)42-43-33)41-35(47)36(48-2)11-17-44(22-36)21-32(46)45-15-9-24(10-16-45)28-6-4-26(19-30(28)37)34-39-12-3-13-40-34;2*1-24-20-28(10-16-37-24)33-30-21-29(8-9-31(30)41-42-33)40-35(46)36(47-2)13-19-43(23-36)22-32(45)44-17-11-26(12-18-44)25-4-6-27(7-5-25)34-38-14-3-15-39-34/h3-9,12-14,18-20H,10-11,15-17,21-22H2,1-2H3,(H,41,47)(H,42,43);3-10,14-16,20-21,26H,11-13,17-19,22-23H2,1-2H3,(H,40,46)(H,41,42);3-11,14-16,20-21H,12-13,17-19,22-23H2,1-2H3,(H,40,46)(H,41,42)/t3*36-/m000/s1. The summed E-state index contributed by atoms with van der Waals surface area (Å²) < 4.78 is 13.1. The molecule has 142 heavy (non-hydrogen) atoms. The quantitative estimate of drug-likeness (QED) is 0.0327. The van der Waals surface area contributed by atoms with Crippen LogP contribution in [0, 0.1) is 26.6 Å². The van der Waals surface area contributed by atoms with Gasteiger partial charge in [-0.25, -0.2) is 34.3 Å². The number of aryl methyl sites for hydroxylation is 3. The van der Waals surface area contributed by atoms with Crippen molar-refractivity contribution in [2.45, 2.75) is 85.9 Å². The maximum atomic E-state index is 15.1. The monoisotopic (exact) mass is 1950 g/mol. The van der Waals surface area contributed by atoms with E-state index in [1.54, 1.807) is 96.3 Å². The number of nitrogens with zero attached hydrogens (tertiary/aromatic N) is 18. The lowest BCUT2D eigenvalue weighted by Gasteiger charge is -2.33. The minimum absolute atomic E-state index is 0.00365. The Morgan fingerprint density at radius 1 is 0.373 bits per heavy atom. The third kappa shape index (κ3) is 21.6. The molecular formula is C108H109FN24O6S3. The van der Waals surface area contributed by atoms with E-state index in [0.717, 1.165) is 155 Å². The van der Waals surface area contributed by atoms with Gasteiger partial charge in [0.05, 0.1) is 36.2 Å². The Morgan fingerprint density at radius 2 is 0.725 bits per heavy atom. The first-order chi connectivity index (χ1) is 69.1. The van der Waals surface area contributed by atoms with E-state index in [4.69, 9.17) is 0 Å². The number of likely N-dealkylation sites (tertiary alicyclic amines) is 4. The third-order valence-electron chi connectivity index (χ3n) is 27.8. The summed E-state index contributed by atoms with van der Waals surface area (Å²) in [5.41, 5.74) is 20.6. The predicted molar refractivity (Wildman–Crippen MR) is 559 cm³/mol. The Morgan fingerprint density at radius 3 is 1.08 bits per heavy atom. The molecule has 6 aromatic carbocycles. The zero-order chi connectivity index (χ0) is 98.0. The number of piperidine rings is 1. The van der Waals surface area contributed by atoms with Gasteiger partial charge in [0.1, 0.15) is 37.1 Å². The zero-order valence-electron chi connectivity index (χ0n) is 79.8. The number of carbonyl (C=O) groups excluding carboxylic acids is 6. The number of hydrogen-bond acceptors (Lipinski definition) is 24. The van der Waals surface area contributed by atoms with Gasteiger partial charge in [0, 0.05) is 224 Å². The average molecular weight is 1950 g/mol. The lowest BCUT2D eigenvalue weighted by Crippen LogP contribution is -2.46. The number of rotatable bonds is 24. The Kier molecular flexibility index (Phi) is 29.2. The number of amides is 6. The topological polar surface area (TPSA) is 360 Å². The maximum Gasteiger partial charge on any atom is 0.241 e. The van der Waals surface area contributed by atoms with Gasteiger partial charge in [0.25, 0.3) is 0 Å². The SMILES string of the molecule is CS[C@@]1(C(=O)Nc2ccc3[nH]nc(-c4ccnc(C)c4)c3c2)CCN(CC(=O)N2CC=C(c3ccc(-c4ncccn4)cc3)CC2)C1.CS[C@@]1(C(=O)Nc2ccc3[nH]nc(-c4ccnc(C)c4)c3c2)CCN(CC(=O)N2CC=C(c3ccc(-c4ncccn4)cc3F)CC2)C1.CS[C@@]1(C(=O)Nc2ccc3[nH]nc(-c4ccnc(C)c4)c3c2)CCN(CC(=O)N2CCC(c3ccc(-c4ncccn4)cc3)CC2)C1. The van der Waals surface area contributed by atoms with Crippen molar-refractivity contribution in [1.29, 1.82) is 0 Å². The molecule has 3 atom stereocenters. The summed E-state index contributed by atoms with van der Waals surface area (Å²) >= 11 is 4.64. The van der Waals surface area contributed by atoms with Crippen LogP contribution in [0.1, 0.15) is 84.6 Å². The molecule has 0 unspecified atom stereocenters. The van der Waals surface area contributed by atoms with Crippen LogP contribution in [0.25, 0.3) is 112 Å². The Hall–Kier alpha value is -14.4. The number of pyridine rings is 3. The molecule has 0 saturated carbocycles. The smallest absolute Gasteiger partial charge is 0.241 e. The normalized spacial score (nSPS) is 18.5. The molecule has 722 valence electrons. The molecule has 6 aliphatic rings. The van der Waals surface area contributed by atoms with E-state index in [1.807, 2.05) is 177 Å². The van der Waals surface area contributed by atoms with E-state index in [9.17, 15) is 28.8 Å². The summed E-state index contributed by atoms with van der Waals surface area (Å²) in [7, 11) is 0. The van der Waals surface area contributed by atoms with Gasteiger partial charge in [-0.2, -0.15) is 15.3 Å². The van der Waals surface area contributed by atoms with Crippen LogP contribution in [0.3, 0.4) is 0 Å². The molecule has 21 rings (SSSR count). The number of H-pyrrole nitrogens is 3. The fourth-order valence-electron chi connectivity index (χ4n) is 19.7. The lowest BCUT2D eigenvalue weighted by molar-refractivity contribution is -0.133. The number of anilines is 3. The van der Waals surface area contributed by atoms with Crippen LogP contribution in [-0.4, -0.2) is 271 Å². The van der Waals surface area contributed by atoms with Gasteiger partial charge in [0.15, 0.2) is 17.5 Å². The van der Waals surface area contributed by atoms with Crippen LogP contribution in [0.15, 0.2) is 244 Å². The van der Waals surface area contributed by atoms with Crippen molar-refractivity contribution < 1.29 is 33.2 Å². The minimum Gasteiger partial charge on any atom is -0.342 e. The van der Waals surface area contributed by atoms with Gasteiger partial charge in [-0.3, -0.25) is 73.7 Å². The molecular weight excluding hydrogens is 1840 g/mol. The number of hydrogen-bond donors (Lipinski definition) is 6. The van der Waals surface area contributed by atoms with Gasteiger partial charge in [-0.05, 0) is 228 Å². The number of halogens is 1. The summed E-state index contributed by atoms with van der Waals surface area (Å²) in [4.78, 5) is 132. The van der Waals surface area contributed by atoms with E-state index in [2.05, 4.69) is 149 Å². The van der Waals surface area contributed by atoms with Crippen molar-refractivity contribution in [1.82, 2.24) is 105 Å². The summed E-state index contributed by atoms with van der Waals surface area (Å²) in [6.07, 6.45) is 30.8. The predicted octanol–water partition coefficient (Wildman–Crippen LogP) is 16.6. The highest BCUT2D eigenvalue weighted by Crippen LogP contribution is 2.42. The van der Waals surface area contributed by atoms with Gasteiger partial charge in [0.2, 0.25) is 35.4 Å². The first-order valence-corrected chi connectivity index (χ1v) is 51.3. The molecule has 6 N–H and O–H groups in total. The van der Waals surface area contributed by atoms with Crippen molar-refractivity contribution in [3.05, 3.63) is 283 Å². The Bertz CT molecular complexity index is 7230. The zero-order valence-corrected chi connectivity index (χ0v) is 82.3. The molecule has 4 fully saturated rings. The molecule has 0 spiro atoms. The number of benzene rings is 6.